The zero-order valence-corrected chi connectivity index (χ0v) is 10.8. The predicted octanol–water partition coefficient (Wildman–Crippen LogP) is 3.08. The zero-order valence-electron chi connectivity index (χ0n) is 10.8. The highest BCUT2D eigenvalue weighted by Gasteiger charge is 2.21. The number of para-hydroxylation sites is 1. The maximum Gasteiger partial charge on any atom is 0.165 e. The van der Waals surface area contributed by atoms with Gasteiger partial charge in [0.1, 0.15) is 6.10 Å². The molecule has 0 saturated heterocycles. The first-order valence-corrected chi connectivity index (χ1v) is 6.29. The summed E-state index contributed by atoms with van der Waals surface area (Å²) in [6.45, 7) is 1.98. The summed E-state index contributed by atoms with van der Waals surface area (Å²) in [6.07, 6.45) is 3.71. The summed E-state index contributed by atoms with van der Waals surface area (Å²) in [7, 11) is 0. The van der Waals surface area contributed by atoms with Gasteiger partial charge < -0.3 is 10.5 Å². The standard InChI is InChI=1S/C15H17FN2O/c1-2-13(17)15(11-7-9-18-10-8-11)19-14-6-4-3-5-12(14)16/h3-10,13,15H,2,17H2,1H3. The van der Waals surface area contributed by atoms with Crippen LogP contribution in [0, 0.1) is 5.82 Å². The highest BCUT2D eigenvalue weighted by atomic mass is 19.1. The van der Waals surface area contributed by atoms with Gasteiger partial charge in [-0.15, -0.1) is 0 Å². The van der Waals surface area contributed by atoms with Crippen LogP contribution in [0.3, 0.4) is 0 Å². The van der Waals surface area contributed by atoms with Crippen molar-refractivity contribution in [3.63, 3.8) is 0 Å². The molecule has 3 nitrogen and oxygen atoms in total. The number of nitrogens with zero attached hydrogens (tertiary/aromatic N) is 1. The van der Waals surface area contributed by atoms with E-state index in [0.29, 0.717) is 0 Å². The summed E-state index contributed by atoms with van der Waals surface area (Å²) in [5.74, 6) is -0.168. The molecule has 0 saturated carbocycles. The van der Waals surface area contributed by atoms with Crippen LogP contribution in [0.2, 0.25) is 0 Å². The van der Waals surface area contributed by atoms with Crippen LogP contribution in [0.25, 0.3) is 0 Å². The summed E-state index contributed by atoms with van der Waals surface area (Å²) in [6, 6.07) is 9.80. The fourth-order valence-electron chi connectivity index (χ4n) is 1.85. The first-order chi connectivity index (χ1) is 9.22. The molecule has 0 aliphatic rings. The number of benzene rings is 1. The summed E-state index contributed by atoms with van der Waals surface area (Å²) in [5.41, 5.74) is 6.98. The van der Waals surface area contributed by atoms with Gasteiger partial charge in [-0.3, -0.25) is 4.98 Å². The number of hydrogen-bond donors (Lipinski definition) is 1. The molecule has 4 heteroatoms. The molecule has 0 bridgehead atoms. The van der Waals surface area contributed by atoms with E-state index in [1.54, 1.807) is 30.6 Å². The summed E-state index contributed by atoms with van der Waals surface area (Å²) in [5, 5.41) is 0. The van der Waals surface area contributed by atoms with E-state index in [4.69, 9.17) is 10.5 Å². The Morgan fingerprint density at radius 2 is 1.89 bits per heavy atom. The van der Waals surface area contributed by atoms with Crippen molar-refractivity contribution in [2.24, 2.45) is 5.73 Å². The van der Waals surface area contributed by atoms with Crippen molar-refractivity contribution >= 4 is 0 Å². The molecule has 0 radical (unpaired) electrons. The van der Waals surface area contributed by atoms with Gasteiger partial charge in [-0.05, 0) is 36.2 Å². The van der Waals surface area contributed by atoms with Gasteiger partial charge in [-0.2, -0.15) is 0 Å². The Kier molecular flexibility index (Phi) is 4.47. The largest absolute Gasteiger partial charge is 0.481 e. The number of pyridine rings is 1. The summed E-state index contributed by atoms with van der Waals surface area (Å²) >= 11 is 0. The van der Waals surface area contributed by atoms with Crippen LogP contribution < -0.4 is 10.5 Å². The van der Waals surface area contributed by atoms with Crippen molar-refractivity contribution in [1.29, 1.82) is 0 Å². The van der Waals surface area contributed by atoms with Crippen LogP contribution in [-0.4, -0.2) is 11.0 Å². The van der Waals surface area contributed by atoms with Gasteiger partial charge in [0.05, 0.1) is 0 Å². The molecule has 0 spiro atoms. The molecule has 0 amide bonds. The number of ether oxygens (including phenoxy) is 1. The number of rotatable bonds is 5. The van der Waals surface area contributed by atoms with Crippen molar-refractivity contribution in [3.05, 3.63) is 60.2 Å². The average Bonchev–Trinajstić information content (AvgIpc) is 2.46. The Morgan fingerprint density at radius 1 is 1.21 bits per heavy atom. The fraction of sp³-hybridized carbons (Fsp3) is 0.267. The number of nitrogens with two attached hydrogens (primary N) is 1. The van der Waals surface area contributed by atoms with Crippen LogP contribution in [0.15, 0.2) is 48.8 Å². The lowest BCUT2D eigenvalue weighted by Gasteiger charge is -2.24. The van der Waals surface area contributed by atoms with E-state index in [1.807, 2.05) is 19.1 Å². The molecule has 2 N–H and O–H groups in total. The topological polar surface area (TPSA) is 48.1 Å². The number of aromatic nitrogens is 1. The van der Waals surface area contributed by atoms with Crippen LogP contribution in [0.5, 0.6) is 5.75 Å². The molecular formula is C15H17FN2O. The van der Waals surface area contributed by atoms with Gasteiger partial charge in [0, 0.05) is 18.4 Å². The van der Waals surface area contributed by atoms with Crippen LogP contribution in [0.1, 0.15) is 25.0 Å². The first-order valence-electron chi connectivity index (χ1n) is 6.29. The maximum atomic E-state index is 13.7. The fourth-order valence-corrected chi connectivity index (χ4v) is 1.85. The van der Waals surface area contributed by atoms with E-state index >= 15 is 0 Å². The molecule has 1 aromatic carbocycles. The third-order valence-electron chi connectivity index (χ3n) is 2.99. The SMILES string of the molecule is CCC(N)C(Oc1ccccc1F)c1ccncc1. The lowest BCUT2D eigenvalue weighted by molar-refractivity contribution is 0.163. The molecule has 2 rings (SSSR count). The minimum absolute atomic E-state index is 0.206. The van der Waals surface area contributed by atoms with Crippen molar-refractivity contribution in [3.8, 4) is 5.75 Å². The van der Waals surface area contributed by atoms with Gasteiger partial charge >= 0.3 is 0 Å². The van der Waals surface area contributed by atoms with Crippen molar-refractivity contribution in [2.75, 3.05) is 0 Å². The Bertz CT molecular complexity index is 519. The molecule has 2 atom stereocenters. The lowest BCUT2D eigenvalue weighted by atomic mass is 10.0. The van der Waals surface area contributed by atoms with E-state index in [9.17, 15) is 4.39 Å². The third kappa shape index (κ3) is 3.29. The lowest BCUT2D eigenvalue weighted by Crippen LogP contribution is -2.31. The molecule has 1 heterocycles. The smallest absolute Gasteiger partial charge is 0.165 e. The quantitative estimate of drug-likeness (QED) is 0.898. The maximum absolute atomic E-state index is 13.7. The van der Waals surface area contributed by atoms with E-state index in [1.165, 1.54) is 6.07 Å². The van der Waals surface area contributed by atoms with E-state index in [0.717, 1.165) is 12.0 Å². The molecule has 1 aromatic heterocycles. The summed E-state index contributed by atoms with van der Waals surface area (Å²) < 4.78 is 19.4. The normalized spacial score (nSPS) is 13.8. The predicted molar refractivity (Wildman–Crippen MR) is 72.3 cm³/mol. The monoisotopic (exact) mass is 260 g/mol. The average molecular weight is 260 g/mol. The van der Waals surface area contributed by atoms with Crippen molar-refractivity contribution < 1.29 is 9.13 Å². The molecular weight excluding hydrogens is 243 g/mol. The Hall–Kier alpha value is -1.94. The molecule has 19 heavy (non-hydrogen) atoms. The highest BCUT2D eigenvalue weighted by molar-refractivity contribution is 5.26. The highest BCUT2D eigenvalue weighted by Crippen LogP contribution is 2.26. The van der Waals surface area contributed by atoms with Gasteiger partial charge in [0.25, 0.3) is 0 Å². The van der Waals surface area contributed by atoms with Gasteiger partial charge in [0.2, 0.25) is 0 Å². The van der Waals surface area contributed by atoms with Crippen LogP contribution in [-0.2, 0) is 0 Å². The molecule has 100 valence electrons. The number of hydrogen-bond acceptors (Lipinski definition) is 3. The van der Waals surface area contributed by atoms with Crippen LogP contribution in [0.4, 0.5) is 4.39 Å². The molecule has 0 fully saturated rings. The number of halogens is 1. The Morgan fingerprint density at radius 3 is 2.53 bits per heavy atom. The molecule has 0 aliphatic heterocycles. The van der Waals surface area contributed by atoms with E-state index < -0.39 is 0 Å². The summed E-state index contributed by atoms with van der Waals surface area (Å²) in [4.78, 5) is 3.97. The van der Waals surface area contributed by atoms with Gasteiger partial charge in [-0.1, -0.05) is 19.1 Å². The van der Waals surface area contributed by atoms with Gasteiger partial charge in [-0.25, -0.2) is 4.39 Å². The Balaban J connectivity index is 2.27. The molecule has 0 aliphatic carbocycles. The minimum atomic E-state index is -0.384. The molecule has 2 aromatic rings. The van der Waals surface area contributed by atoms with E-state index in [-0.39, 0.29) is 23.7 Å². The van der Waals surface area contributed by atoms with Crippen molar-refractivity contribution in [2.45, 2.75) is 25.5 Å². The third-order valence-corrected chi connectivity index (χ3v) is 2.99. The van der Waals surface area contributed by atoms with Gasteiger partial charge in [0.15, 0.2) is 11.6 Å². The first kappa shape index (κ1) is 13.5. The zero-order chi connectivity index (χ0) is 13.7. The second kappa shape index (κ2) is 6.29. The Labute approximate surface area is 112 Å². The minimum Gasteiger partial charge on any atom is -0.481 e. The second-order valence-corrected chi connectivity index (χ2v) is 4.32. The van der Waals surface area contributed by atoms with E-state index in [2.05, 4.69) is 4.98 Å². The van der Waals surface area contributed by atoms with Crippen LogP contribution >= 0.6 is 0 Å². The molecule has 2 unspecified atom stereocenters. The van der Waals surface area contributed by atoms with Crippen molar-refractivity contribution in [1.82, 2.24) is 4.98 Å². The second-order valence-electron chi connectivity index (χ2n) is 4.32.